The molecule has 0 atom stereocenters. The number of benzene rings is 1. The Labute approximate surface area is 184 Å². The molecule has 0 spiro atoms. The average Bonchev–Trinajstić information content (AvgIpc) is 2.98. The van der Waals surface area contributed by atoms with Gasteiger partial charge in [0, 0.05) is 19.3 Å². The summed E-state index contributed by atoms with van der Waals surface area (Å²) >= 11 is 6.23. The predicted octanol–water partition coefficient (Wildman–Crippen LogP) is 3.19. The maximum atomic E-state index is 13.7. The molecular formula is C19H15ClF4N4O3S. The van der Waals surface area contributed by atoms with E-state index in [1.807, 2.05) is 0 Å². The summed E-state index contributed by atoms with van der Waals surface area (Å²) in [7, 11) is -3.47. The van der Waals surface area contributed by atoms with Gasteiger partial charge in [-0.2, -0.15) is 13.2 Å². The van der Waals surface area contributed by atoms with Gasteiger partial charge in [0.05, 0.1) is 17.9 Å². The van der Waals surface area contributed by atoms with Crippen LogP contribution in [0, 0.1) is 5.82 Å². The van der Waals surface area contributed by atoms with Gasteiger partial charge in [0.15, 0.2) is 11.3 Å². The normalized spacial score (nSPS) is 15.2. The van der Waals surface area contributed by atoms with E-state index in [2.05, 4.69) is 9.71 Å². The number of carbonyl (C=O) groups excluding carboxylic acids is 1. The number of hydrogen-bond donors (Lipinski definition) is 1. The van der Waals surface area contributed by atoms with Gasteiger partial charge in [0.1, 0.15) is 11.0 Å². The van der Waals surface area contributed by atoms with Gasteiger partial charge < -0.3 is 4.90 Å². The van der Waals surface area contributed by atoms with E-state index in [1.165, 1.54) is 23.2 Å². The molecule has 1 aliphatic heterocycles. The number of sulfonamides is 1. The molecule has 7 nitrogen and oxygen atoms in total. The first-order valence-electron chi connectivity index (χ1n) is 9.15. The van der Waals surface area contributed by atoms with Crippen molar-refractivity contribution in [2.75, 3.05) is 19.3 Å². The van der Waals surface area contributed by atoms with Gasteiger partial charge in [0.25, 0.3) is 5.91 Å². The Hall–Kier alpha value is -2.70. The zero-order valence-corrected chi connectivity index (χ0v) is 17.9. The molecule has 4 rings (SSSR count). The fourth-order valence-electron chi connectivity index (χ4n) is 3.46. The summed E-state index contributed by atoms with van der Waals surface area (Å²) in [5, 5.41) is -0.340. The number of pyridine rings is 1. The minimum Gasteiger partial charge on any atom is -0.334 e. The van der Waals surface area contributed by atoms with Gasteiger partial charge in [0.2, 0.25) is 10.0 Å². The molecule has 1 amide bonds. The lowest BCUT2D eigenvalue weighted by atomic mass is 10.1. The standard InChI is InChI=1S/C19H15ClF4N4O3S/c1-32(30,31)26-13-8-27(9-13)18(29)15-16(20)28-7-11(10-3-2-4-12(21)5-10)6-14(17(28)25-15)19(22,23)24/h2-7,13,26H,8-9H2,1H3. The Balaban J connectivity index is 1.75. The molecule has 0 bridgehead atoms. The minimum atomic E-state index is -4.82. The number of nitrogens with zero attached hydrogens (tertiary/aromatic N) is 3. The summed E-state index contributed by atoms with van der Waals surface area (Å²) in [5.41, 5.74) is -1.89. The third-order valence-corrected chi connectivity index (χ3v) is 6.00. The lowest BCUT2D eigenvalue weighted by Gasteiger charge is -2.38. The highest BCUT2D eigenvalue weighted by Crippen LogP contribution is 2.37. The number of halogens is 5. The molecule has 13 heteroatoms. The zero-order valence-electron chi connectivity index (χ0n) is 16.3. The molecule has 170 valence electrons. The van der Waals surface area contributed by atoms with E-state index in [0.717, 1.165) is 28.9 Å². The highest BCUT2D eigenvalue weighted by atomic mass is 35.5. The molecule has 1 aliphatic rings. The molecule has 3 heterocycles. The van der Waals surface area contributed by atoms with Crippen LogP contribution in [0.2, 0.25) is 5.15 Å². The highest BCUT2D eigenvalue weighted by Gasteiger charge is 2.38. The fourth-order valence-corrected chi connectivity index (χ4v) is 4.47. The number of aromatic nitrogens is 2. The van der Waals surface area contributed by atoms with Crippen LogP contribution in [-0.2, 0) is 16.2 Å². The van der Waals surface area contributed by atoms with Crippen molar-refractivity contribution in [2.24, 2.45) is 0 Å². The number of imidazole rings is 1. The lowest BCUT2D eigenvalue weighted by Crippen LogP contribution is -2.60. The summed E-state index contributed by atoms with van der Waals surface area (Å²) in [5.74, 6) is -1.36. The predicted molar refractivity (Wildman–Crippen MR) is 108 cm³/mol. The molecule has 2 aromatic heterocycles. The molecule has 3 aromatic rings. The summed E-state index contributed by atoms with van der Waals surface area (Å²) in [4.78, 5) is 17.8. The van der Waals surface area contributed by atoms with Crippen LogP contribution in [-0.4, -0.2) is 54.0 Å². The smallest absolute Gasteiger partial charge is 0.334 e. The van der Waals surface area contributed by atoms with Crippen molar-refractivity contribution in [1.29, 1.82) is 0 Å². The molecular weight excluding hydrogens is 476 g/mol. The number of alkyl halides is 3. The van der Waals surface area contributed by atoms with Crippen molar-refractivity contribution in [1.82, 2.24) is 19.0 Å². The van der Waals surface area contributed by atoms with Gasteiger partial charge >= 0.3 is 6.18 Å². The molecule has 0 aliphatic carbocycles. The number of nitrogens with one attached hydrogen (secondary N) is 1. The molecule has 0 radical (unpaired) electrons. The van der Waals surface area contributed by atoms with E-state index >= 15 is 0 Å². The van der Waals surface area contributed by atoms with Crippen LogP contribution in [0.3, 0.4) is 0 Å². The molecule has 0 saturated carbocycles. The average molecular weight is 491 g/mol. The third-order valence-electron chi connectivity index (χ3n) is 4.88. The van der Waals surface area contributed by atoms with Gasteiger partial charge in [-0.15, -0.1) is 0 Å². The number of fused-ring (bicyclic) bond motifs is 1. The Morgan fingerprint density at radius 2 is 1.91 bits per heavy atom. The SMILES string of the molecule is CS(=O)(=O)NC1CN(C(=O)c2nc3c(C(F)(F)F)cc(-c4cccc(F)c4)cn3c2Cl)C1. The van der Waals surface area contributed by atoms with Crippen molar-refractivity contribution in [3.05, 3.63) is 58.8 Å². The number of likely N-dealkylation sites (tertiary alicyclic amines) is 1. The molecule has 1 aromatic carbocycles. The summed E-state index contributed by atoms with van der Waals surface area (Å²) in [6, 6.07) is 5.35. The maximum Gasteiger partial charge on any atom is 0.420 e. The van der Waals surface area contributed by atoms with Crippen molar-refractivity contribution in [3.8, 4) is 11.1 Å². The Kier molecular flexibility index (Phi) is 5.42. The van der Waals surface area contributed by atoms with Crippen LogP contribution >= 0.6 is 11.6 Å². The summed E-state index contributed by atoms with van der Waals surface area (Å²) in [6.07, 6.45) is -2.60. The van der Waals surface area contributed by atoms with Gasteiger partial charge in [-0.05, 0) is 29.3 Å². The monoisotopic (exact) mass is 490 g/mol. The van der Waals surface area contributed by atoms with E-state index in [-0.39, 0.29) is 29.4 Å². The van der Waals surface area contributed by atoms with Crippen LogP contribution < -0.4 is 4.72 Å². The van der Waals surface area contributed by atoms with Crippen molar-refractivity contribution < 1.29 is 30.8 Å². The summed E-state index contributed by atoms with van der Waals surface area (Å²) < 4.78 is 80.7. The largest absolute Gasteiger partial charge is 0.420 e. The minimum absolute atomic E-state index is 0.0246. The van der Waals surface area contributed by atoms with Crippen LogP contribution in [0.1, 0.15) is 16.1 Å². The van der Waals surface area contributed by atoms with Crippen molar-refractivity contribution >= 4 is 33.2 Å². The van der Waals surface area contributed by atoms with Crippen LogP contribution in [0.5, 0.6) is 0 Å². The third kappa shape index (κ3) is 4.30. The molecule has 32 heavy (non-hydrogen) atoms. The quantitative estimate of drug-likeness (QED) is 0.569. The van der Waals surface area contributed by atoms with Gasteiger partial charge in [-0.1, -0.05) is 23.7 Å². The Bertz CT molecular complexity index is 1330. The Morgan fingerprint density at radius 1 is 1.22 bits per heavy atom. The first-order chi connectivity index (χ1) is 14.8. The first kappa shape index (κ1) is 22.5. The second-order valence-corrected chi connectivity index (χ2v) is 9.53. The molecule has 1 N–H and O–H groups in total. The number of carbonyl (C=O) groups is 1. The molecule has 1 saturated heterocycles. The first-order valence-corrected chi connectivity index (χ1v) is 11.4. The van der Waals surface area contributed by atoms with Crippen molar-refractivity contribution in [3.63, 3.8) is 0 Å². The van der Waals surface area contributed by atoms with Gasteiger partial charge in [-0.3, -0.25) is 9.20 Å². The molecule has 0 unspecified atom stereocenters. The highest BCUT2D eigenvalue weighted by molar-refractivity contribution is 7.88. The summed E-state index contributed by atoms with van der Waals surface area (Å²) in [6.45, 7) is 0.0492. The number of hydrogen-bond acceptors (Lipinski definition) is 4. The van der Waals surface area contributed by atoms with Crippen LogP contribution in [0.25, 0.3) is 16.8 Å². The van der Waals surface area contributed by atoms with E-state index < -0.39 is 50.9 Å². The van der Waals surface area contributed by atoms with Crippen LogP contribution in [0.4, 0.5) is 17.6 Å². The van der Waals surface area contributed by atoms with E-state index in [4.69, 9.17) is 11.6 Å². The zero-order chi connectivity index (χ0) is 23.4. The van der Waals surface area contributed by atoms with E-state index in [9.17, 15) is 30.8 Å². The fraction of sp³-hybridized carbons (Fsp3) is 0.263. The topological polar surface area (TPSA) is 83.8 Å². The second-order valence-electron chi connectivity index (χ2n) is 7.39. The van der Waals surface area contributed by atoms with Crippen molar-refractivity contribution in [2.45, 2.75) is 12.2 Å². The van der Waals surface area contributed by atoms with E-state index in [0.29, 0.717) is 0 Å². The number of rotatable bonds is 4. The lowest BCUT2D eigenvalue weighted by molar-refractivity contribution is -0.136. The number of amides is 1. The van der Waals surface area contributed by atoms with E-state index in [1.54, 1.807) is 0 Å². The van der Waals surface area contributed by atoms with Gasteiger partial charge in [-0.25, -0.2) is 22.5 Å². The Morgan fingerprint density at radius 3 is 2.50 bits per heavy atom. The maximum absolute atomic E-state index is 13.7. The molecule has 1 fully saturated rings. The second kappa shape index (κ2) is 7.71. The van der Waals surface area contributed by atoms with Crippen LogP contribution in [0.15, 0.2) is 36.5 Å².